The van der Waals surface area contributed by atoms with Crippen molar-refractivity contribution in [2.75, 3.05) is 5.32 Å². The maximum atomic E-state index is 12.5. The topological polar surface area (TPSA) is 130 Å². The third-order valence-electron chi connectivity index (χ3n) is 3.73. The molecule has 11 heteroatoms. The van der Waals surface area contributed by atoms with Gasteiger partial charge in [0.1, 0.15) is 15.0 Å². The average molecular weight is 443 g/mol. The second kappa shape index (κ2) is 8.82. The number of hydrogen-bond donors (Lipinski definition) is 1. The van der Waals surface area contributed by atoms with E-state index in [1.165, 1.54) is 49.4 Å². The zero-order valence-electron chi connectivity index (χ0n) is 15.4. The van der Waals surface area contributed by atoms with Crippen LogP contribution in [0.25, 0.3) is 10.8 Å². The van der Waals surface area contributed by atoms with Crippen molar-refractivity contribution in [2.24, 2.45) is 0 Å². The molecule has 0 atom stereocenters. The number of benzene rings is 3. The molecule has 0 fully saturated rings. The molecule has 8 nitrogen and oxygen atoms in total. The van der Waals surface area contributed by atoms with Gasteiger partial charge in [0.05, 0.1) is 4.90 Å². The molecule has 0 unspecified atom stereocenters. The van der Waals surface area contributed by atoms with E-state index >= 15 is 0 Å². The summed E-state index contributed by atoms with van der Waals surface area (Å²) in [5, 5.41) is 3.00. The van der Waals surface area contributed by atoms with Crippen molar-refractivity contribution in [1.29, 1.82) is 0 Å². The first-order valence-corrected chi connectivity index (χ1v) is 10.7. The molecule has 0 aliphatic heterocycles. The van der Waals surface area contributed by atoms with Crippen LogP contribution in [-0.4, -0.2) is 27.3 Å². The second-order valence-corrected chi connectivity index (χ2v) is 8.77. The number of anilines is 1. The molecule has 0 spiro atoms. The van der Waals surface area contributed by atoms with E-state index in [0.29, 0.717) is 5.69 Å². The van der Waals surface area contributed by atoms with Crippen LogP contribution in [0.15, 0.2) is 70.5 Å². The number of nitrogens with one attached hydrogen (secondary N) is 1. The molecule has 0 saturated carbocycles. The van der Waals surface area contributed by atoms with Crippen molar-refractivity contribution in [3.05, 3.63) is 60.7 Å². The molecule has 0 aromatic heterocycles. The Morgan fingerprint density at radius 2 is 1.59 bits per heavy atom. The summed E-state index contributed by atoms with van der Waals surface area (Å²) in [6.45, 7) is 1.30. The van der Waals surface area contributed by atoms with Gasteiger partial charge >= 0.3 is 39.7 Å². The summed E-state index contributed by atoms with van der Waals surface area (Å²) in [4.78, 5) is 10.5. The van der Waals surface area contributed by atoms with Crippen LogP contribution in [0.3, 0.4) is 0 Å². The minimum Gasteiger partial charge on any atom is -0.744 e. The Morgan fingerprint density at radius 3 is 2.17 bits per heavy atom. The zero-order valence-corrected chi connectivity index (χ0v) is 19.1. The molecule has 1 N–H and O–H groups in total. The molecule has 3 aromatic rings. The van der Waals surface area contributed by atoms with Crippen LogP contribution in [0.5, 0.6) is 5.75 Å². The van der Waals surface area contributed by atoms with Gasteiger partial charge in [-0.05, 0) is 35.7 Å². The zero-order chi connectivity index (χ0) is 20.5. The van der Waals surface area contributed by atoms with Crippen LogP contribution in [0, 0.1) is 0 Å². The van der Waals surface area contributed by atoms with Gasteiger partial charge in [0.25, 0.3) is 0 Å². The van der Waals surface area contributed by atoms with Gasteiger partial charge in [-0.15, -0.1) is 0 Å². The van der Waals surface area contributed by atoms with Crippen molar-refractivity contribution in [2.45, 2.75) is 16.7 Å². The van der Waals surface area contributed by atoms with Crippen LogP contribution < -0.4 is 39.1 Å². The number of rotatable bonds is 5. The van der Waals surface area contributed by atoms with E-state index in [-0.39, 0.29) is 56.9 Å². The van der Waals surface area contributed by atoms with E-state index < -0.39 is 25.1 Å². The summed E-state index contributed by atoms with van der Waals surface area (Å²) >= 11 is 0. The molecular weight excluding hydrogens is 429 g/mol. The first-order valence-electron chi connectivity index (χ1n) is 7.87. The van der Waals surface area contributed by atoms with E-state index in [4.69, 9.17) is 4.18 Å². The minimum atomic E-state index is -4.86. The van der Waals surface area contributed by atoms with Crippen molar-refractivity contribution in [3.63, 3.8) is 0 Å². The summed E-state index contributed by atoms with van der Waals surface area (Å²) in [7, 11) is -9.15. The first-order chi connectivity index (χ1) is 13.1. The number of fused-ring (bicyclic) bond motifs is 1. The largest absolute Gasteiger partial charge is 1.00 e. The Balaban J connectivity index is 0.00000300. The molecule has 0 saturated heterocycles. The third kappa shape index (κ3) is 5.56. The Kier molecular flexibility index (Phi) is 7.10. The van der Waals surface area contributed by atoms with Gasteiger partial charge in [0, 0.05) is 24.1 Å². The molecular formula is C18H14NNaO7S2. The molecule has 0 radical (unpaired) electrons. The molecule has 146 valence electrons. The summed E-state index contributed by atoms with van der Waals surface area (Å²) in [5.41, 5.74) is 0.347. The first kappa shape index (κ1) is 23.3. The monoisotopic (exact) mass is 443 g/mol. The van der Waals surface area contributed by atoms with Crippen LogP contribution in [0.1, 0.15) is 6.92 Å². The Hall–Kier alpha value is -1.95. The van der Waals surface area contributed by atoms with Crippen LogP contribution in [-0.2, 0) is 25.0 Å². The normalized spacial score (nSPS) is 11.5. The van der Waals surface area contributed by atoms with Crippen LogP contribution in [0.2, 0.25) is 0 Å². The van der Waals surface area contributed by atoms with E-state index in [9.17, 15) is 26.2 Å². The van der Waals surface area contributed by atoms with Gasteiger partial charge in [0.15, 0.2) is 5.75 Å². The van der Waals surface area contributed by atoms with Crippen molar-refractivity contribution < 1.29 is 59.9 Å². The molecule has 1 amide bonds. The predicted octanol–water partition coefficient (Wildman–Crippen LogP) is -0.526. The molecule has 0 heterocycles. The van der Waals surface area contributed by atoms with Gasteiger partial charge < -0.3 is 14.1 Å². The van der Waals surface area contributed by atoms with Crippen LogP contribution in [0.4, 0.5) is 5.69 Å². The molecule has 29 heavy (non-hydrogen) atoms. The summed E-state index contributed by atoms with van der Waals surface area (Å²) < 4.78 is 64.6. The average Bonchev–Trinajstić information content (AvgIpc) is 2.61. The Labute approximate surface area is 190 Å². The van der Waals surface area contributed by atoms with Crippen molar-refractivity contribution in [1.82, 2.24) is 0 Å². The predicted molar refractivity (Wildman–Crippen MR) is 100 cm³/mol. The fraction of sp³-hybridized carbons (Fsp3) is 0.0556. The van der Waals surface area contributed by atoms with Crippen molar-refractivity contribution in [3.8, 4) is 5.75 Å². The van der Waals surface area contributed by atoms with E-state index in [2.05, 4.69) is 5.32 Å². The third-order valence-corrected chi connectivity index (χ3v) is 5.79. The fourth-order valence-corrected chi connectivity index (χ4v) is 4.03. The standard InChI is InChI=1S/C18H15NO7S2.Na/c1-12(20)19-14-8-7-13-9-16(27(21,22)23)11-18(17(13)10-14)26-28(24,25)15-5-3-2-4-6-15;/h2-11H,1H3,(H,19,20)(H,21,22,23);/q;+1/p-1. The van der Waals surface area contributed by atoms with Crippen molar-refractivity contribution >= 4 is 42.6 Å². The molecule has 3 rings (SSSR count). The Morgan fingerprint density at radius 1 is 0.931 bits per heavy atom. The summed E-state index contributed by atoms with van der Waals surface area (Å²) in [6.07, 6.45) is 0. The molecule has 0 bridgehead atoms. The van der Waals surface area contributed by atoms with E-state index in [1.807, 2.05) is 0 Å². The Bertz CT molecular complexity index is 1270. The second-order valence-electron chi connectivity index (χ2n) is 5.84. The van der Waals surface area contributed by atoms with E-state index in [0.717, 1.165) is 12.1 Å². The van der Waals surface area contributed by atoms with Gasteiger partial charge in [-0.3, -0.25) is 4.79 Å². The van der Waals surface area contributed by atoms with Crippen LogP contribution >= 0.6 is 0 Å². The quantitative estimate of drug-likeness (QED) is 0.319. The fourth-order valence-electron chi connectivity index (χ4n) is 2.55. The summed E-state index contributed by atoms with van der Waals surface area (Å²) in [6, 6.07) is 13.6. The number of carbonyl (C=O) groups excluding carboxylic acids is 1. The maximum Gasteiger partial charge on any atom is 1.00 e. The number of amides is 1. The molecule has 3 aromatic carbocycles. The van der Waals surface area contributed by atoms with Gasteiger partial charge in [-0.1, -0.05) is 24.3 Å². The molecule has 0 aliphatic rings. The van der Waals surface area contributed by atoms with E-state index in [1.54, 1.807) is 6.07 Å². The number of hydrogen-bond acceptors (Lipinski definition) is 7. The maximum absolute atomic E-state index is 12.5. The number of carbonyl (C=O) groups is 1. The van der Waals surface area contributed by atoms with Gasteiger partial charge in [-0.2, -0.15) is 8.42 Å². The smallest absolute Gasteiger partial charge is 0.744 e. The SMILES string of the molecule is CC(=O)Nc1ccc2cc(S(=O)(=O)[O-])cc(OS(=O)(=O)c3ccccc3)c2c1.[Na+]. The van der Waals surface area contributed by atoms with Gasteiger partial charge in [0.2, 0.25) is 5.91 Å². The molecule has 0 aliphatic carbocycles. The minimum absolute atomic E-state index is 0. The summed E-state index contributed by atoms with van der Waals surface area (Å²) in [5.74, 6) is -0.694. The van der Waals surface area contributed by atoms with Gasteiger partial charge in [-0.25, -0.2) is 8.42 Å².